The lowest BCUT2D eigenvalue weighted by Gasteiger charge is -2.58. The van der Waals surface area contributed by atoms with E-state index in [9.17, 15) is 25.2 Å². The Morgan fingerprint density at radius 1 is 1.00 bits per heavy atom. The maximum atomic E-state index is 12.0. The van der Waals surface area contributed by atoms with Gasteiger partial charge < -0.3 is 29.9 Å². The molecular weight excluding hydrogens is 412 g/mol. The van der Waals surface area contributed by atoms with Gasteiger partial charge in [0, 0.05) is 6.42 Å². The van der Waals surface area contributed by atoms with Gasteiger partial charge in [-0.2, -0.15) is 0 Å². The molecule has 3 saturated carbocycles. The molecule has 0 aromatic heterocycles. The van der Waals surface area contributed by atoms with Crippen LogP contribution in [0, 0.1) is 28.6 Å². The van der Waals surface area contributed by atoms with Gasteiger partial charge in [-0.05, 0) is 79.6 Å². The van der Waals surface area contributed by atoms with Gasteiger partial charge in [0.1, 0.15) is 24.4 Å². The van der Waals surface area contributed by atoms with E-state index in [0.717, 1.165) is 44.9 Å². The van der Waals surface area contributed by atoms with E-state index in [0.29, 0.717) is 24.2 Å². The van der Waals surface area contributed by atoms with Crippen LogP contribution in [0.1, 0.15) is 65.2 Å². The summed E-state index contributed by atoms with van der Waals surface area (Å²) in [6.45, 7) is 4.23. The summed E-state index contributed by atoms with van der Waals surface area (Å²) < 4.78 is 12.0. The molecule has 1 heterocycles. The van der Waals surface area contributed by atoms with Crippen molar-refractivity contribution >= 4 is 5.78 Å². The van der Waals surface area contributed by atoms with Gasteiger partial charge in [0.05, 0.1) is 12.7 Å². The van der Waals surface area contributed by atoms with Gasteiger partial charge in [-0.25, -0.2) is 0 Å². The molecule has 7 nitrogen and oxygen atoms in total. The Morgan fingerprint density at radius 3 is 2.53 bits per heavy atom. The number of hydrogen-bond acceptors (Lipinski definition) is 7. The molecule has 4 fully saturated rings. The highest BCUT2D eigenvalue weighted by Gasteiger charge is 2.60. The molecular formula is C25H38O7. The summed E-state index contributed by atoms with van der Waals surface area (Å²) in [5.41, 5.74) is 1.46. The van der Waals surface area contributed by atoms with E-state index in [-0.39, 0.29) is 22.7 Å². The molecule has 1 saturated heterocycles. The number of hydrogen-bond donors (Lipinski definition) is 4. The number of aliphatic hydroxyl groups excluding tert-OH is 4. The van der Waals surface area contributed by atoms with Crippen LogP contribution in [0.15, 0.2) is 11.6 Å². The smallest absolute Gasteiger partial charge is 0.186 e. The number of aliphatic hydroxyl groups is 4. The largest absolute Gasteiger partial charge is 0.394 e. The lowest BCUT2D eigenvalue weighted by Crippen LogP contribution is -2.60. The molecule has 0 unspecified atom stereocenters. The number of fused-ring (bicyclic) bond motifs is 5. The molecule has 180 valence electrons. The van der Waals surface area contributed by atoms with Crippen LogP contribution in [0.5, 0.6) is 0 Å². The summed E-state index contributed by atoms with van der Waals surface area (Å²) in [6, 6.07) is 0. The first-order chi connectivity index (χ1) is 15.2. The fourth-order valence-corrected chi connectivity index (χ4v) is 8.08. The van der Waals surface area contributed by atoms with Crippen molar-refractivity contribution < 1.29 is 34.7 Å². The van der Waals surface area contributed by atoms with Crippen LogP contribution in [0.2, 0.25) is 0 Å². The van der Waals surface area contributed by atoms with Crippen molar-refractivity contribution in [3.8, 4) is 0 Å². The predicted molar refractivity (Wildman–Crippen MR) is 115 cm³/mol. The van der Waals surface area contributed by atoms with Crippen LogP contribution in [0.25, 0.3) is 0 Å². The Hall–Kier alpha value is -0.830. The summed E-state index contributed by atoms with van der Waals surface area (Å²) in [7, 11) is 0. The lowest BCUT2D eigenvalue weighted by atomic mass is 9.47. The van der Waals surface area contributed by atoms with E-state index in [1.165, 1.54) is 5.57 Å². The van der Waals surface area contributed by atoms with Gasteiger partial charge in [-0.15, -0.1) is 0 Å². The Bertz CT molecular complexity index is 780. The zero-order valence-electron chi connectivity index (χ0n) is 19.2. The quantitative estimate of drug-likeness (QED) is 0.517. The fourth-order valence-electron chi connectivity index (χ4n) is 8.08. The fraction of sp³-hybridized carbons (Fsp3) is 0.880. The summed E-state index contributed by atoms with van der Waals surface area (Å²) in [4.78, 5) is 12.0. The Morgan fingerprint density at radius 2 is 1.78 bits per heavy atom. The first-order valence-corrected chi connectivity index (χ1v) is 12.4. The number of rotatable bonds is 3. The number of ketones is 1. The number of ether oxygens (including phenoxy) is 2. The molecule has 0 radical (unpaired) electrons. The summed E-state index contributed by atoms with van der Waals surface area (Å²) in [5.74, 6) is 2.00. The van der Waals surface area contributed by atoms with Crippen molar-refractivity contribution in [2.24, 2.45) is 28.6 Å². The van der Waals surface area contributed by atoms with Gasteiger partial charge in [-0.1, -0.05) is 19.4 Å². The van der Waals surface area contributed by atoms with Crippen molar-refractivity contribution in [2.75, 3.05) is 6.61 Å². The van der Waals surface area contributed by atoms with Gasteiger partial charge in [-0.3, -0.25) is 4.79 Å². The number of allylic oxidation sites excluding steroid dienone is 1. The average Bonchev–Trinajstić information content (AvgIpc) is 3.10. The summed E-state index contributed by atoms with van der Waals surface area (Å²) in [5, 5.41) is 40.2. The van der Waals surface area contributed by atoms with E-state index >= 15 is 0 Å². The monoisotopic (exact) mass is 450 g/mol. The van der Waals surface area contributed by atoms with Crippen molar-refractivity contribution in [3.05, 3.63) is 11.6 Å². The highest BCUT2D eigenvalue weighted by atomic mass is 16.7. The van der Waals surface area contributed by atoms with Crippen molar-refractivity contribution in [3.63, 3.8) is 0 Å². The van der Waals surface area contributed by atoms with Gasteiger partial charge in [0.25, 0.3) is 0 Å². The molecule has 0 aromatic rings. The molecule has 5 aliphatic rings. The van der Waals surface area contributed by atoms with E-state index in [2.05, 4.69) is 13.8 Å². The zero-order chi connectivity index (χ0) is 22.8. The SMILES string of the molecule is C[C@]12CC[C@H]3[C@@H](CCC4=CC(=O)CC[C@@]43C)[C@@H]1CC[C@@H]2O[C@H]1O[C@H](CO)[C@@H](O)[C@H](O)[C@H]1O. The number of carbonyl (C=O) groups excluding carboxylic acids is 1. The summed E-state index contributed by atoms with van der Waals surface area (Å²) in [6.07, 6.45) is 3.50. The van der Waals surface area contributed by atoms with Crippen LogP contribution in [0.3, 0.4) is 0 Å². The Labute approximate surface area is 189 Å². The number of carbonyl (C=O) groups is 1. The normalized spacial score (nSPS) is 53.2. The molecule has 5 rings (SSSR count). The third-order valence-corrected chi connectivity index (χ3v) is 10.0. The highest BCUT2D eigenvalue weighted by molar-refractivity contribution is 5.91. The average molecular weight is 451 g/mol. The van der Waals surface area contributed by atoms with Crippen molar-refractivity contribution in [2.45, 2.75) is 102 Å². The molecule has 0 aromatic carbocycles. The second-order valence-corrected chi connectivity index (χ2v) is 11.4. The van der Waals surface area contributed by atoms with Crippen LogP contribution in [0.4, 0.5) is 0 Å². The molecule has 0 bridgehead atoms. The van der Waals surface area contributed by atoms with Crippen molar-refractivity contribution in [1.82, 2.24) is 0 Å². The summed E-state index contributed by atoms with van der Waals surface area (Å²) >= 11 is 0. The Balaban J connectivity index is 1.33. The molecule has 11 atom stereocenters. The first-order valence-electron chi connectivity index (χ1n) is 12.4. The van der Waals surface area contributed by atoms with Crippen LogP contribution in [-0.4, -0.2) is 69.6 Å². The van der Waals surface area contributed by atoms with E-state index < -0.39 is 37.3 Å². The molecule has 4 N–H and O–H groups in total. The second-order valence-electron chi connectivity index (χ2n) is 11.4. The third kappa shape index (κ3) is 3.35. The second kappa shape index (κ2) is 8.14. The van der Waals surface area contributed by atoms with Gasteiger partial charge in [0.2, 0.25) is 0 Å². The highest BCUT2D eigenvalue weighted by Crippen LogP contribution is 2.65. The lowest BCUT2D eigenvalue weighted by molar-refractivity contribution is -0.319. The van der Waals surface area contributed by atoms with Crippen LogP contribution >= 0.6 is 0 Å². The van der Waals surface area contributed by atoms with Crippen molar-refractivity contribution in [1.29, 1.82) is 0 Å². The van der Waals surface area contributed by atoms with Crippen LogP contribution < -0.4 is 0 Å². The molecule has 7 heteroatoms. The molecule has 32 heavy (non-hydrogen) atoms. The predicted octanol–water partition coefficient (Wildman–Crippen LogP) is 1.70. The maximum absolute atomic E-state index is 12.0. The maximum Gasteiger partial charge on any atom is 0.186 e. The minimum Gasteiger partial charge on any atom is -0.394 e. The minimum absolute atomic E-state index is 0.0396. The first kappa shape index (κ1) is 22.9. The topological polar surface area (TPSA) is 116 Å². The van der Waals surface area contributed by atoms with E-state index in [1.807, 2.05) is 6.08 Å². The molecule has 4 aliphatic carbocycles. The zero-order valence-corrected chi connectivity index (χ0v) is 19.2. The third-order valence-electron chi connectivity index (χ3n) is 10.0. The van der Waals surface area contributed by atoms with Crippen LogP contribution in [-0.2, 0) is 14.3 Å². The van der Waals surface area contributed by atoms with E-state index in [4.69, 9.17) is 9.47 Å². The van der Waals surface area contributed by atoms with Gasteiger partial charge in [0.15, 0.2) is 12.1 Å². The molecule has 1 aliphatic heterocycles. The standard InChI is InChI=1S/C25H38O7/c1-24-9-7-14(27)11-13(24)3-4-15-16-5-6-19(25(16,2)10-8-17(15)24)32-23-22(30)21(29)20(28)18(12-26)31-23/h11,15-23,26,28-30H,3-10,12H2,1-2H3/t15-,16-,17-,18+,19-,20+,21-,22+,23+,24-,25-/m0/s1. The van der Waals surface area contributed by atoms with E-state index in [1.54, 1.807) is 0 Å². The minimum atomic E-state index is -1.41. The Kier molecular flexibility index (Phi) is 5.83. The molecule has 0 spiro atoms. The van der Waals surface area contributed by atoms with Gasteiger partial charge >= 0.3 is 0 Å². The molecule has 0 amide bonds.